The molecular weight excluding hydrogens is 474 g/mol. The number of nitrogens with one attached hydrogen (secondary N) is 1. The van der Waals surface area contributed by atoms with Crippen LogP contribution in [0, 0.1) is 3.57 Å². The summed E-state index contributed by atoms with van der Waals surface area (Å²) >= 11 is 14.2. The molecule has 0 saturated heterocycles. The van der Waals surface area contributed by atoms with E-state index in [1.807, 2.05) is 18.2 Å². The summed E-state index contributed by atoms with van der Waals surface area (Å²) in [5.74, 6) is 1.01. The minimum absolute atomic E-state index is 0.144. The number of amides is 1. The summed E-state index contributed by atoms with van der Waals surface area (Å²) in [6.45, 7) is 0. The van der Waals surface area contributed by atoms with Gasteiger partial charge >= 0.3 is 0 Å². The Morgan fingerprint density at radius 3 is 2.64 bits per heavy atom. The molecule has 0 saturated carbocycles. The van der Waals surface area contributed by atoms with Crippen molar-refractivity contribution in [1.29, 1.82) is 0 Å². The summed E-state index contributed by atoms with van der Waals surface area (Å²) in [4.78, 5) is 16.3. The van der Waals surface area contributed by atoms with Crippen LogP contribution in [0.25, 0.3) is 11.3 Å². The predicted octanol–water partition coefficient (Wildman–Crippen LogP) is 5.82. The van der Waals surface area contributed by atoms with Gasteiger partial charge in [-0.1, -0.05) is 23.2 Å². The highest BCUT2D eigenvalue weighted by Gasteiger charge is 2.10. The molecular formula is C18H13Cl2IN2O2. The number of hydrogen-bond acceptors (Lipinski definition) is 3. The minimum Gasteiger partial charge on any atom is -0.441 e. The largest absolute Gasteiger partial charge is 0.441 e. The summed E-state index contributed by atoms with van der Waals surface area (Å²) < 4.78 is 6.70. The summed E-state index contributed by atoms with van der Waals surface area (Å²) in [5.41, 5.74) is 1.49. The summed E-state index contributed by atoms with van der Waals surface area (Å²) in [5, 5.41) is 3.97. The Labute approximate surface area is 168 Å². The van der Waals surface area contributed by atoms with E-state index in [1.54, 1.807) is 30.5 Å². The number of oxazole rings is 1. The molecule has 0 unspecified atom stereocenters. The number of benzene rings is 2. The standard InChI is InChI=1S/C18H13Cl2IN2O2/c19-12-3-1-11(2-4-12)16-10-22-18(25-16)8-7-17(24)23-15-6-5-13(21)9-14(15)20/h1-6,9-10H,7-8H2,(H,23,24). The third kappa shape index (κ3) is 4.96. The SMILES string of the molecule is O=C(CCc1ncc(-c2ccc(Cl)cc2)o1)Nc1ccc(I)cc1Cl. The van der Waals surface area contributed by atoms with Crippen LogP contribution in [0.15, 0.2) is 53.1 Å². The summed E-state index contributed by atoms with van der Waals surface area (Å²) in [7, 11) is 0. The van der Waals surface area contributed by atoms with Crippen LogP contribution in [0.2, 0.25) is 10.0 Å². The number of carbonyl (C=O) groups excluding carboxylic acids is 1. The summed E-state index contributed by atoms with van der Waals surface area (Å²) in [6.07, 6.45) is 2.30. The van der Waals surface area contributed by atoms with Crippen LogP contribution >= 0.6 is 45.8 Å². The highest BCUT2D eigenvalue weighted by atomic mass is 127. The van der Waals surface area contributed by atoms with Gasteiger partial charge in [-0.2, -0.15) is 0 Å². The molecule has 1 aromatic heterocycles. The topological polar surface area (TPSA) is 55.1 Å². The lowest BCUT2D eigenvalue weighted by molar-refractivity contribution is -0.116. The van der Waals surface area contributed by atoms with E-state index in [0.29, 0.717) is 33.8 Å². The van der Waals surface area contributed by atoms with E-state index >= 15 is 0 Å². The van der Waals surface area contributed by atoms with Gasteiger partial charge in [-0.05, 0) is 65.1 Å². The van der Waals surface area contributed by atoms with Crippen molar-refractivity contribution < 1.29 is 9.21 Å². The molecule has 0 fully saturated rings. The number of rotatable bonds is 5. The third-order valence-electron chi connectivity index (χ3n) is 3.45. The van der Waals surface area contributed by atoms with Crippen molar-refractivity contribution in [2.45, 2.75) is 12.8 Å². The van der Waals surface area contributed by atoms with E-state index in [2.05, 4.69) is 32.9 Å². The molecule has 25 heavy (non-hydrogen) atoms. The van der Waals surface area contributed by atoms with E-state index in [4.69, 9.17) is 27.6 Å². The molecule has 4 nitrogen and oxygen atoms in total. The average Bonchev–Trinajstić information content (AvgIpc) is 3.05. The first-order valence-corrected chi connectivity index (χ1v) is 9.30. The van der Waals surface area contributed by atoms with E-state index in [9.17, 15) is 4.79 Å². The van der Waals surface area contributed by atoms with Gasteiger partial charge in [0.15, 0.2) is 11.7 Å². The Balaban J connectivity index is 1.58. The van der Waals surface area contributed by atoms with Crippen LogP contribution < -0.4 is 5.32 Å². The molecule has 3 rings (SSSR count). The van der Waals surface area contributed by atoms with Crippen molar-refractivity contribution in [2.24, 2.45) is 0 Å². The molecule has 7 heteroatoms. The van der Waals surface area contributed by atoms with Crippen molar-refractivity contribution >= 4 is 57.4 Å². The van der Waals surface area contributed by atoms with Crippen molar-refractivity contribution in [3.63, 3.8) is 0 Å². The second-order valence-electron chi connectivity index (χ2n) is 5.30. The van der Waals surface area contributed by atoms with Crippen LogP contribution in [0.4, 0.5) is 5.69 Å². The van der Waals surface area contributed by atoms with Gasteiger partial charge in [0.05, 0.1) is 16.9 Å². The molecule has 1 heterocycles. The Morgan fingerprint density at radius 1 is 1.16 bits per heavy atom. The Kier molecular flexibility index (Phi) is 5.98. The van der Waals surface area contributed by atoms with E-state index in [-0.39, 0.29) is 12.3 Å². The molecule has 0 atom stereocenters. The maximum Gasteiger partial charge on any atom is 0.224 e. The molecule has 0 bridgehead atoms. The quantitative estimate of drug-likeness (QED) is 0.462. The zero-order chi connectivity index (χ0) is 17.8. The third-order valence-corrected chi connectivity index (χ3v) is 4.69. The molecule has 3 aromatic rings. The normalized spacial score (nSPS) is 10.7. The molecule has 2 aromatic carbocycles. The lowest BCUT2D eigenvalue weighted by atomic mass is 10.2. The number of nitrogens with zero attached hydrogens (tertiary/aromatic N) is 1. The highest BCUT2D eigenvalue weighted by molar-refractivity contribution is 14.1. The Bertz CT molecular complexity index is 894. The first kappa shape index (κ1) is 18.2. The van der Waals surface area contributed by atoms with Gasteiger partial charge in [0.1, 0.15) is 0 Å². The number of carbonyl (C=O) groups is 1. The summed E-state index contributed by atoms with van der Waals surface area (Å²) in [6, 6.07) is 12.8. The maximum absolute atomic E-state index is 12.1. The van der Waals surface area contributed by atoms with Gasteiger partial charge in [-0.15, -0.1) is 0 Å². The lowest BCUT2D eigenvalue weighted by Crippen LogP contribution is -2.12. The zero-order valence-corrected chi connectivity index (χ0v) is 16.6. The average molecular weight is 487 g/mol. The smallest absolute Gasteiger partial charge is 0.224 e. The number of aromatic nitrogens is 1. The van der Waals surface area contributed by atoms with Crippen LogP contribution in [0.5, 0.6) is 0 Å². The first-order chi connectivity index (χ1) is 12.0. The molecule has 0 radical (unpaired) electrons. The second-order valence-corrected chi connectivity index (χ2v) is 7.39. The number of anilines is 1. The number of halogens is 3. The van der Waals surface area contributed by atoms with Gasteiger partial charge in [-0.3, -0.25) is 4.79 Å². The Hall–Kier alpha value is -1.57. The first-order valence-electron chi connectivity index (χ1n) is 7.47. The van der Waals surface area contributed by atoms with Gasteiger partial charge in [0, 0.05) is 27.0 Å². The van der Waals surface area contributed by atoms with Gasteiger partial charge < -0.3 is 9.73 Å². The number of hydrogen-bond donors (Lipinski definition) is 1. The van der Waals surface area contributed by atoms with Crippen LogP contribution in [0.3, 0.4) is 0 Å². The van der Waals surface area contributed by atoms with E-state index in [0.717, 1.165) is 9.13 Å². The van der Waals surface area contributed by atoms with E-state index in [1.165, 1.54) is 0 Å². The molecule has 0 aliphatic carbocycles. The maximum atomic E-state index is 12.1. The fraction of sp³-hybridized carbons (Fsp3) is 0.111. The van der Waals surface area contributed by atoms with Crippen molar-refractivity contribution in [3.05, 3.63) is 68.2 Å². The minimum atomic E-state index is -0.144. The molecule has 0 spiro atoms. The van der Waals surface area contributed by atoms with Crippen LogP contribution in [-0.2, 0) is 11.2 Å². The molecule has 1 N–H and O–H groups in total. The van der Waals surface area contributed by atoms with Gasteiger partial charge in [-0.25, -0.2) is 4.98 Å². The molecule has 0 aliphatic heterocycles. The molecule has 1 amide bonds. The molecule has 0 aliphatic rings. The monoisotopic (exact) mass is 486 g/mol. The van der Waals surface area contributed by atoms with Crippen LogP contribution in [0.1, 0.15) is 12.3 Å². The van der Waals surface area contributed by atoms with E-state index < -0.39 is 0 Å². The second kappa shape index (κ2) is 8.21. The highest BCUT2D eigenvalue weighted by Crippen LogP contribution is 2.25. The van der Waals surface area contributed by atoms with Crippen LogP contribution in [-0.4, -0.2) is 10.9 Å². The zero-order valence-electron chi connectivity index (χ0n) is 12.9. The van der Waals surface area contributed by atoms with Crippen molar-refractivity contribution in [1.82, 2.24) is 4.98 Å². The van der Waals surface area contributed by atoms with Crippen molar-refractivity contribution in [3.8, 4) is 11.3 Å². The predicted molar refractivity (Wildman–Crippen MR) is 108 cm³/mol. The van der Waals surface area contributed by atoms with Crippen molar-refractivity contribution in [2.75, 3.05) is 5.32 Å². The molecule has 128 valence electrons. The fourth-order valence-corrected chi connectivity index (χ4v) is 3.23. The lowest BCUT2D eigenvalue weighted by Gasteiger charge is -2.06. The fourth-order valence-electron chi connectivity index (χ4n) is 2.20. The van der Waals surface area contributed by atoms with Gasteiger partial charge in [0.25, 0.3) is 0 Å². The number of aryl methyl sites for hydroxylation is 1. The van der Waals surface area contributed by atoms with Gasteiger partial charge in [0.2, 0.25) is 5.91 Å². The Morgan fingerprint density at radius 2 is 1.92 bits per heavy atom.